The Morgan fingerprint density at radius 3 is 2.92 bits per heavy atom. The number of alkyl halides is 1. The molecular formula is C15H21F2N5O3S. The van der Waals surface area contributed by atoms with Gasteiger partial charge in [0, 0.05) is 12.3 Å². The molecule has 0 saturated carbocycles. The molecular weight excluding hydrogens is 368 g/mol. The molecule has 26 heavy (non-hydrogen) atoms. The van der Waals surface area contributed by atoms with Crippen LogP contribution >= 0.6 is 0 Å². The van der Waals surface area contributed by atoms with Gasteiger partial charge in [-0.3, -0.25) is 19.2 Å². The number of thiol groups is 1. The SMILES string of the molecule is C[C@@]12CCCN[SH]1(=O)C[C@@](CF)(c1nc(N)ccc1F)N=C2NC(=O)O. The summed E-state index contributed by atoms with van der Waals surface area (Å²) in [6, 6.07) is 2.26. The number of anilines is 1. The van der Waals surface area contributed by atoms with Crippen LogP contribution in [0.25, 0.3) is 0 Å². The van der Waals surface area contributed by atoms with Crippen LogP contribution in [-0.2, 0) is 15.7 Å². The summed E-state index contributed by atoms with van der Waals surface area (Å²) < 4.78 is 44.2. The molecule has 144 valence electrons. The number of carbonyl (C=O) groups is 1. The molecule has 3 rings (SSSR count). The lowest BCUT2D eigenvalue weighted by Gasteiger charge is -2.52. The van der Waals surface area contributed by atoms with E-state index in [0.717, 1.165) is 6.07 Å². The summed E-state index contributed by atoms with van der Waals surface area (Å²) >= 11 is 0. The molecule has 1 amide bonds. The normalized spacial score (nSPS) is 31.4. The fourth-order valence-electron chi connectivity index (χ4n) is 3.62. The number of hydrogen-bond donors (Lipinski definition) is 5. The number of fused-ring (bicyclic) bond motifs is 1. The van der Waals surface area contributed by atoms with Gasteiger partial charge in [0.05, 0.1) is 4.75 Å². The number of rotatable bonds is 2. The molecule has 0 spiro atoms. The number of amidine groups is 1. The Hall–Kier alpha value is -2.14. The van der Waals surface area contributed by atoms with E-state index in [1.165, 1.54) is 6.07 Å². The maximum atomic E-state index is 14.4. The van der Waals surface area contributed by atoms with Gasteiger partial charge in [-0.1, -0.05) is 0 Å². The lowest BCUT2D eigenvalue weighted by atomic mass is 9.95. The summed E-state index contributed by atoms with van der Waals surface area (Å²) in [5.41, 5.74) is 3.31. The van der Waals surface area contributed by atoms with Crippen molar-refractivity contribution in [3.8, 4) is 0 Å². The van der Waals surface area contributed by atoms with Gasteiger partial charge in [0.25, 0.3) is 0 Å². The third-order valence-corrected chi connectivity index (χ3v) is 8.81. The van der Waals surface area contributed by atoms with Gasteiger partial charge in [0.1, 0.15) is 35.4 Å². The topological polar surface area (TPSA) is 130 Å². The largest absolute Gasteiger partial charge is 0.465 e. The molecule has 2 aliphatic heterocycles. The fraction of sp³-hybridized carbons (Fsp3) is 0.533. The second-order valence-electron chi connectivity index (χ2n) is 6.81. The number of nitrogens with two attached hydrogens (primary N) is 1. The van der Waals surface area contributed by atoms with Crippen molar-refractivity contribution in [1.29, 1.82) is 0 Å². The van der Waals surface area contributed by atoms with Gasteiger partial charge in [-0.15, -0.1) is 0 Å². The summed E-state index contributed by atoms with van der Waals surface area (Å²) in [4.78, 5) is 19.3. The molecule has 0 bridgehead atoms. The maximum Gasteiger partial charge on any atom is 0.410 e. The number of carboxylic acid groups (broad SMARTS) is 1. The first-order chi connectivity index (χ1) is 12.2. The van der Waals surface area contributed by atoms with Gasteiger partial charge in [0.15, 0.2) is 0 Å². The molecule has 1 saturated heterocycles. The number of hydrogen-bond acceptors (Lipinski definition) is 5. The molecule has 2 aliphatic rings. The molecule has 1 fully saturated rings. The van der Waals surface area contributed by atoms with Crippen LogP contribution in [0.15, 0.2) is 17.1 Å². The molecule has 0 aliphatic carbocycles. The van der Waals surface area contributed by atoms with Crippen molar-refractivity contribution in [2.24, 2.45) is 4.99 Å². The summed E-state index contributed by atoms with van der Waals surface area (Å²) in [6.45, 7) is 0.856. The Bertz CT molecular complexity index is 835. The van der Waals surface area contributed by atoms with E-state index in [0.29, 0.717) is 19.4 Å². The smallest absolute Gasteiger partial charge is 0.410 e. The van der Waals surface area contributed by atoms with Gasteiger partial charge in [-0.25, -0.2) is 18.6 Å². The molecule has 8 nitrogen and oxygen atoms in total. The van der Waals surface area contributed by atoms with E-state index in [4.69, 9.17) is 10.8 Å². The molecule has 3 heterocycles. The number of pyridine rings is 1. The monoisotopic (exact) mass is 389 g/mol. The molecule has 1 aromatic heterocycles. The van der Waals surface area contributed by atoms with Crippen LogP contribution in [0.5, 0.6) is 0 Å². The Labute approximate surface area is 149 Å². The first-order valence-corrected chi connectivity index (χ1v) is 9.98. The number of halogens is 2. The highest BCUT2D eigenvalue weighted by molar-refractivity contribution is 8.03. The van der Waals surface area contributed by atoms with Gasteiger partial charge >= 0.3 is 6.09 Å². The van der Waals surface area contributed by atoms with Crippen molar-refractivity contribution in [1.82, 2.24) is 15.0 Å². The zero-order valence-electron chi connectivity index (χ0n) is 14.1. The number of aromatic nitrogens is 1. The van der Waals surface area contributed by atoms with Crippen LogP contribution < -0.4 is 15.8 Å². The number of aliphatic imine (C=N–C) groups is 1. The minimum atomic E-state index is -3.37. The minimum absolute atomic E-state index is 0.0413. The average molecular weight is 389 g/mol. The Morgan fingerprint density at radius 2 is 2.27 bits per heavy atom. The van der Waals surface area contributed by atoms with E-state index >= 15 is 0 Å². The van der Waals surface area contributed by atoms with E-state index in [2.05, 4.69) is 20.0 Å². The van der Waals surface area contributed by atoms with Gasteiger partial charge in [0.2, 0.25) is 0 Å². The quantitative estimate of drug-likeness (QED) is 0.476. The summed E-state index contributed by atoms with van der Waals surface area (Å²) in [5.74, 6) is -1.35. The van der Waals surface area contributed by atoms with Crippen molar-refractivity contribution in [3.63, 3.8) is 0 Å². The lowest BCUT2D eigenvalue weighted by Crippen LogP contribution is -2.68. The molecule has 0 unspecified atom stereocenters. The van der Waals surface area contributed by atoms with Crippen LogP contribution in [0.1, 0.15) is 25.5 Å². The molecule has 0 aromatic carbocycles. The second kappa shape index (κ2) is 6.23. The Kier molecular flexibility index (Phi) is 4.47. The summed E-state index contributed by atoms with van der Waals surface area (Å²) in [6.07, 6.45) is -0.363. The van der Waals surface area contributed by atoms with E-state index < -0.39 is 39.0 Å². The van der Waals surface area contributed by atoms with Crippen molar-refractivity contribution in [2.75, 3.05) is 24.7 Å². The van der Waals surface area contributed by atoms with Crippen LogP contribution in [0, 0.1) is 5.82 Å². The predicted octanol–water partition coefficient (Wildman–Crippen LogP) is 0.721. The first-order valence-electron chi connectivity index (χ1n) is 8.09. The Morgan fingerprint density at radius 1 is 1.54 bits per heavy atom. The van der Waals surface area contributed by atoms with Crippen LogP contribution in [0.4, 0.5) is 19.4 Å². The third-order valence-electron chi connectivity index (χ3n) is 5.08. The number of amides is 1. The van der Waals surface area contributed by atoms with E-state index in [9.17, 15) is 17.8 Å². The summed E-state index contributed by atoms with van der Waals surface area (Å²) in [7, 11) is -3.37. The van der Waals surface area contributed by atoms with Crippen LogP contribution in [-0.4, -0.2) is 49.9 Å². The standard InChI is InChI=1S/C15H21F2N5O3S/c1-14-5-2-6-19-26(14,25)8-15(7-16,22-12(14)21-13(23)24)11-9(17)3-4-10(18)20-11/h3-4,26H,2,5-8H2,1H3,(H2,18,20)(H,19,25)(H,21,22)(H,23,24)/t14-,15-/m0/s1. The van der Waals surface area contributed by atoms with Crippen molar-refractivity contribution >= 4 is 27.9 Å². The highest BCUT2D eigenvalue weighted by atomic mass is 32.3. The zero-order chi connectivity index (χ0) is 19.2. The maximum absolute atomic E-state index is 14.4. The third kappa shape index (κ3) is 2.75. The highest BCUT2D eigenvalue weighted by Gasteiger charge is 2.56. The van der Waals surface area contributed by atoms with E-state index in [1.807, 2.05) is 0 Å². The molecule has 1 aromatic rings. The van der Waals surface area contributed by atoms with Gasteiger partial charge in [-0.2, -0.15) is 0 Å². The lowest BCUT2D eigenvalue weighted by molar-refractivity contribution is 0.199. The van der Waals surface area contributed by atoms with Crippen LogP contribution in [0.3, 0.4) is 0 Å². The molecule has 11 heteroatoms. The molecule has 5 N–H and O–H groups in total. The van der Waals surface area contributed by atoms with E-state index in [1.54, 1.807) is 6.92 Å². The highest BCUT2D eigenvalue weighted by Crippen LogP contribution is 2.44. The number of nitrogens with one attached hydrogen (secondary N) is 2. The first kappa shape index (κ1) is 18.6. The van der Waals surface area contributed by atoms with Crippen molar-refractivity contribution in [2.45, 2.75) is 30.1 Å². The Balaban J connectivity index is 2.25. The van der Waals surface area contributed by atoms with Crippen molar-refractivity contribution < 1.29 is 22.9 Å². The molecule has 2 atom stereocenters. The van der Waals surface area contributed by atoms with Gasteiger partial charge in [-0.05, 0) is 42.0 Å². The predicted molar refractivity (Wildman–Crippen MR) is 94.9 cm³/mol. The van der Waals surface area contributed by atoms with Crippen LogP contribution in [0.2, 0.25) is 0 Å². The zero-order valence-corrected chi connectivity index (χ0v) is 15.0. The van der Waals surface area contributed by atoms with E-state index in [-0.39, 0.29) is 23.1 Å². The number of nitrogens with zero attached hydrogens (tertiary/aromatic N) is 2. The van der Waals surface area contributed by atoms with Gasteiger partial charge < -0.3 is 10.8 Å². The fourth-order valence-corrected chi connectivity index (χ4v) is 6.95. The molecule has 0 radical (unpaired) electrons. The average Bonchev–Trinajstić information content (AvgIpc) is 2.57. The van der Waals surface area contributed by atoms with Crippen molar-refractivity contribution in [3.05, 3.63) is 23.6 Å². The summed E-state index contributed by atoms with van der Waals surface area (Å²) in [5, 5.41) is 11.3. The number of nitrogen functional groups attached to an aromatic ring is 1. The second-order valence-corrected chi connectivity index (χ2v) is 9.90. The minimum Gasteiger partial charge on any atom is -0.465 e.